The molecule has 1 atom stereocenters. The molecular formula is C13H17BrO. The van der Waals surface area contributed by atoms with Gasteiger partial charge in [-0.05, 0) is 37.0 Å². The lowest BCUT2D eigenvalue weighted by molar-refractivity contribution is 0.177. The molecule has 0 amide bonds. The van der Waals surface area contributed by atoms with Gasteiger partial charge < -0.3 is 5.11 Å². The Morgan fingerprint density at radius 3 is 2.73 bits per heavy atom. The minimum absolute atomic E-state index is 0.436. The van der Waals surface area contributed by atoms with Crippen LogP contribution in [-0.2, 0) is 0 Å². The number of aliphatic hydroxyl groups excluding tert-OH is 1. The molecule has 0 aliphatic rings. The number of benzene rings is 1. The largest absolute Gasteiger partial charge is 0.388 e. The highest BCUT2D eigenvalue weighted by Crippen LogP contribution is 2.25. The van der Waals surface area contributed by atoms with Gasteiger partial charge in [-0.1, -0.05) is 47.1 Å². The lowest BCUT2D eigenvalue weighted by Gasteiger charge is -2.13. The molecule has 1 N–H and O–H groups in total. The second kappa shape index (κ2) is 5.47. The summed E-state index contributed by atoms with van der Waals surface area (Å²) in [6.07, 6.45) is 1.13. The second-order valence-electron chi connectivity index (χ2n) is 3.83. The molecule has 0 saturated carbocycles. The number of aliphatic hydroxyl groups is 1. The van der Waals surface area contributed by atoms with E-state index in [1.165, 1.54) is 5.56 Å². The van der Waals surface area contributed by atoms with Gasteiger partial charge in [-0.2, -0.15) is 0 Å². The van der Waals surface area contributed by atoms with Gasteiger partial charge in [-0.25, -0.2) is 0 Å². The fourth-order valence-corrected chi connectivity index (χ4v) is 1.75. The predicted molar refractivity (Wildman–Crippen MR) is 67.9 cm³/mol. The van der Waals surface area contributed by atoms with Crippen LogP contribution in [0.5, 0.6) is 0 Å². The van der Waals surface area contributed by atoms with Crippen molar-refractivity contribution in [3.05, 3.63) is 46.0 Å². The summed E-state index contributed by atoms with van der Waals surface area (Å²) in [4.78, 5) is 0. The quantitative estimate of drug-likeness (QED) is 0.814. The van der Waals surface area contributed by atoms with Crippen LogP contribution in [0.4, 0.5) is 0 Å². The molecule has 0 saturated heterocycles. The molecule has 0 fully saturated rings. The third kappa shape index (κ3) is 3.47. The Bertz CT molecular complexity index is 358. The van der Waals surface area contributed by atoms with Crippen LogP contribution in [0.3, 0.4) is 0 Å². The Morgan fingerprint density at radius 2 is 2.20 bits per heavy atom. The lowest BCUT2D eigenvalue weighted by atomic mass is 10.0. The van der Waals surface area contributed by atoms with Gasteiger partial charge in [-0.15, -0.1) is 0 Å². The van der Waals surface area contributed by atoms with Gasteiger partial charge in [0.25, 0.3) is 0 Å². The van der Waals surface area contributed by atoms with Gasteiger partial charge in [0.2, 0.25) is 0 Å². The van der Waals surface area contributed by atoms with Crippen molar-refractivity contribution in [3.8, 4) is 0 Å². The second-order valence-corrected chi connectivity index (χ2v) is 4.69. The molecule has 0 aliphatic carbocycles. The standard InChI is InChI=1S/C13H17BrO/c1-4-9(2)7-13(15)11-6-5-10(3)12(14)8-11/h5-6,8,13,15H,2,4,7H2,1,3H3. The molecule has 1 unspecified atom stereocenters. The van der Waals surface area contributed by atoms with Crippen molar-refractivity contribution in [3.63, 3.8) is 0 Å². The summed E-state index contributed by atoms with van der Waals surface area (Å²) in [6, 6.07) is 5.95. The van der Waals surface area contributed by atoms with Crippen molar-refractivity contribution in [1.29, 1.82) is 0 Å². The van der Waals surface area contributed by atoms with Crippen LogP contribution in [0.15, 0.2) is 34.8 Å². The molecule has 0 radical (unpaired) electrons. The molecule has 0 bridgehead atoms. The molecule has 0 aromatic heterocycles. The minimum Gasteiger partial charge on any atom is -0.388 e. The van der Waals surface area contributed by atoms with Crippen LogP contribution in [0.2, 0.25) is 0 Å². The Balaban J connectivity index is 2.78. The monoisotopic (exact) mass is 268 g/mol. The molecule has 15 heavy (non-hydrogen) atoms. The maximum absolute atomic E-state index is 9.96. The number of hydrogen-bond acceptors (Lipinski definition) is 1. The van der Waals surface area contributed by atoms with E-state index in [0.717, 1.165) is 22.0 Å². The molecule has 1 rings (SSSR count). The van der Waals surface area contributed by atoms with Crippen molar-refractivity contribution in [2.24, 2.45) is 0 Å². The Labute approximate surface area is 100.0 Å². The lowest BCUT2D eigenvalue weighted by Crippen LogP contribution is -1.99. The minimum atomic E-state index is -0.436. The number of rotatable bonds is 4. The zero-order valence-electron chi connectivity index (χ0n) is 9.26. The summed E-state index contributed by atoms with van der Waals surface area (Å²) in [5.41, 5.74) is 3.21. The first-order valence-electron chi connectivity index (χ1n) is 5.15. The van der Waals surface area contributed by atoms with E-state index in [9.17, 15) is 5.11 Å². The van der Waals surface area contributed by atoms with Crippen LogP contribution in [0.25, 0.3) is 0 Å². The normalized spacial score (nSPS) is 12.5. The summed E-state index contributed by atoms with van der Waals surface area (Å²) < 4.78 is 1.04. The molecular weight excluding hydrogens is 252 g/mol. The Hall–Kier alpha value is -0.600. The maximum atomic E-state index is 9.96. The highest BCUT2D eigenvalue weighted by Gasteiger charge is 2.09. The SMILES string of the molecule is C=C(CC)CC(O)c1ccc(C)c(Br)c1. The van der Waals surface area contributed by atoms with E-state index < -0.39 is 6.10 Å². The summed E-state index contributed by atoms with van der Waals surface area (Å²) in [7, 11) is 0. The molecule has 1 aromatic carbocycles. The zero-order valence-corrected chi connectivity index (χ0v) is 10.8. The van der Waals surface area contributed by atoms with E-state index in [-0.39, 0.29) is 0 Å². The first-order chi connectivity index (χ1) is 7.04. The van der Waals surface area contributed by atoms with Crippen LogP contribution in [-0.4, -0.2) is 5.11 Å². The van der Waals surface area contributed by atoms with Crippen LogP contribution >= 0.6 is 15.9 Å². The van der Waals surface area contributed by atoms with Crippen molar-refractivity contribution < 1.29 is 5.11 Å². The average molecular weight is 269 g/mol. The Kier molecular flexibility index (Phi) is 4.55. The van der Waals surface area contributed by atoms with E-state index in [1.807, 2.05) is 25.1 Å². The molecule has 1 nitrogen and oxygen atoms in total. The first kappa shape index (κ1) is 12.5. The Morgan fingerprint density at radius 1 is 1.53 bits per heavy atom. The molecule has 2 heteroatoms. The van der Waals surface area contributed by atoms with Gasteiger partial charge in [0.15, 0.2) is 0 Å². The van der Waals surface area contributed by atoms with Crippen LogP contribution in [0, 0.1) is 6.92 Å². The predicted octanol–water partition coefficient (Wildman–Crippen LogP) is 4.15. The number of hydrogen-bond donors (Lipinski definition) is 1. The average Bonchev–Trinajstić information content (AvgIpc) is 2.21. The summed E-state index contributed by atoms with van der Waals surface area (Å²) >= 11 is 3.46. The van der Waals surface area contributed by atoms with E-state index in [2.05, 4.69) is 29.4 Å². The van der Waals surface area contributed by atoms with Gasteiger partial charge >= 0.3 is 0 Å². The summed E-state index contributed by atoms with van der Waals surface area (Å²) in [6.45, 7) is 8.00. The highest BCUT2D eigenvalue weighted by molar-refractivity contribution is 9.10. The fourth-order valence-electron chi connectivity index (χ4n) is 1.35. The van der Waals surface area contributed by atoms with Crippen LogP contribution in [0.1, 0.15) is 37.0 Å². The molecule has 1 aromatic rings. The zero-order chi connectivity index (χ0) is 11.4. The van der Waals surface area contributed by atoms with Crippen molar-refractivity contribution in [2.45, 2.75) is 32.8 Å². The van der Waals surface area contributed by atoms with E-state index in [0.29, 0.717) is 6.42 Å². The third-order valence-electron chi connectivity index (χ3n) is 2.56. The van der Waals surface area contributed by atoms with E-state index >= 15 is 0 Å². The van der Waals surface area contributed by atoms with Gasteiger partial charge in [-0.3, -0.25) is 0 Å². The smallest absolute Gasteiger partial charge is 0.0827 e. The fraction of sp³-hybridized carbons (Fsp3) is 0.385. The van der Waals surface area contributed by atoms with Crippen molar-refractivity contribution in [1.82, 2.24) is 0 Å². The molecule has 0 heterocycles. The van der Waals surface area contributed by atoms with E-state index in [4.69, 9.17) is 0 Å². The summed E-state index contributed by atoms with van der Waals surface area (Å²) in [5, 5.41) is 9.96. The molecule has 0 aliphatic heterocycles. The van der Waals surface area contributed by atoms with Gasteiger partial charge in [0, 0.05) is 4.47 Å². The van der Waals surface area contributed by atoms with E-state index in [1.54, 1.807) is 0 Å². The van der Waals surface area contributed by atoms with Crippen molar-refractivity contribution >= 4 is 15.9 Å². The maximum Gasteiger partial charge on any atom is 0.0827 e. The number of aryl methyl sites for hydroxylation is 1. The number of halogens is 1. The van der Waals surface area contributed by atoms with Gasteiger partial charge in [0.1, 0.15) is 0 Å². The topological polar surface area (TPSA) is 20.2 Å². The third-order valence-corrected chi connectivity index (χ3v) is 3.42. The molecule has 0 spiro atoms. The van der Waals surface area contributed by atoms with Gasteiger partial charge in [0.05, 0.1) is 6.10 Å². The first-order valence-corrected chi connectivity index (χ1v) is 5.94. The highest BCUT2D eigenvalue weighted by atomic mass is 79.9. The summed E-state index contributed by atoms with van der Waals surface area (Å²) in [5.74, 6) is 0. The van der Waals surface area contributed by atoms with Crippen molar-refractivity contribution in [2.75, 3.05) is 0 Å². The van der Waals surface area contributed by atoms with Crippen LogP contribution < -0.4 is 0 Å². The molecule has 82 valence electrons.